The molecule has 2 atom stereocenters. The Hall–Kier alpha value is -1.32. The van der Waals surface area contributed by atoms with Gasteiger partial charge in [0, 0.05) is 37.1 Å². The van der Waals surface area contributed by atoms with Crippen LogP contribution in [0.4, 0.5) is 0 Å². The summed E-state index contributed by atoms with van der Waals surface area (Å²) < 4.78 is 107. The maximum absolute atomic E-state index is 12.2. The van der Waals surface area contributed by atoms with Crippen LogP contribution in [0.15, 0.2) is 12.5 Å². The van der Waals surface area contributed by atoms with Crippen molar-refractivity contribution in [3.05, 3.63) is 18.2 Å². The minimum atomic E-state index is -3.71. The van der Waals surface area contributed by atoms with E-state index in [9.17, 15) is 4.79 Å². The number of cyclic esters (lactones) is 1. The summed E-state index contributed by atoms with van der Waals surface area (Å²) in [6, 6.07) is 0. The van der Waals surface area contributed by atoms with Gasteiger partial charge in [0.05, 0.1) is 22.9 Å². The Morgan fingerprint density at radius 2 is 2.93 bits per heavy atom. The number of carbonyl (C=O) groups excluding carboxylic acids is 1. The average Bonchev–Trinajstić information content (AvgIpc) is 2.84. The van der Waals surface area contributed by atoms with Crippen LogP contribution in [0.25, 0.3) is 0 Å². The quantitative estimate of drug-likeness (QED) is 0.719. The lowest BCUT2D eigenvalue weighted by Crippen LogP contribution is -2.18. The zero-order valence-corrected chi connectivity index (χ0v) is 7.71. The molecule has 0 amide bonds. The first-order valence-electron chi connectivity index (χ1n) is 10.5. The van der Waals surface area contributed by atoms with Crippen LogP contribution >= 0.6 is 0 Å². The second-order valence-corrected chi connectivity index (χ2v) is 2.62. The van der Waals surface area contributed by atoms with Gasteiger partial charge in [-0.15, -0.1) is 0 Å². The molecule has 1 aromatic heterocycles. The second kappa shape index (κ2) is 4.04. The molecule has 1 aromatic rings. The minimum absolute atomic E-state index is 0.0316. The predicted molar refractivity (Wildman–Crippen MR) is 55.1 cm³/mol. The van der Waals surface area contributed by atoms with E-state index in [1.54, 1.807) is 0 Å². The Kier molecular flexibility index (Phi) is 0.774. The van der Waals surface area contributed by atoms with Crippen molar-refractivity contribution in [1.82, 2.24) is 9.55 Å². The van der Waals surface area contributed by atoms with Crippen LogP contribution in [0, 0.1) is 11.8 Å². The van der Waals surface area contributed by atoms with Crippen LogP contribution in [-0.2, 0) is 22.9 Å². The Labute approximate surface area is 108 Å². The topological polar surface area (TPSA) is 44.1 Å². The summed E-state index contributed by atoms with van der Waals surface area (Å²) in [5.74, 6) is -9.07. The molecule has 2 heterocycles. The van der Waals surface area contributed by atoms with Gasteiger partial charge in [-0.2, -0.15) is 0 Å². The van der Waals surface area contributed by atoms with Crippen LogP contribution in [0.1, 0.15) is 36.8 Å². The lowest BCUT2D eigenvalue weighted by molar-refractivity contribution is -0.141. The molecule has 1 fully saturated rings. The summed E-state index contributed by atoms with van der Waals surface area (Å²) in [4.78, 5) is 15.5. The molecule has 0 N–H and O–H groups in total. The SMILES string of the molecule is [2H]c1nc([2H])n(C([2H])([2H])[2H])c1C([2H])([2H])[C@@]1([2H])C([2H])([2H])OC(=O)[C@@]1([2H])C([2H])([2H])C. The first-order valence-corrected chi connectivity index (χ1v) is 3.98. The van der Waals surface area contributed by atoms with E-state index in [0.717, 1.165) is 0 Å². The number of hydrogen-bond donors (Lipinski definition) is 0. The molecular weight excluding hydrogens is 192 g/mol. The molecular formula is C11H16N2O2. The van der Waals surface area contributed by atoms with Crippen LogP contribution in [0.2, 0.25) is 0 Å². The number of rotatable bonds is 3. The third kappa shape index (κ3) is 1.89. The average molecular weight is 221 g/mol. The molecule has 0 aliphatic carbocycles. The number of imidazole rings is 1. The van der Waals surface area contributed by atoms with Gasteiger partial charge in [-0.25, -0.2) is 4.98 Å². The van der Waals surface area contributed by atoms with Gasteiger partial charge in [-0.3, -0.25) is 4.79 Å². The maximum Gasteiger partial charge on any atom is 0.309 e. The molecule has 82 valence electrons. The van der Waals surface area contributed by atoms with Crippen molar-refractivity contribution in [2.45, 2.75) is 19.7 Å². The summed E-state index contributed by atoms with van der Waals surface area (Å²) in [7, 11) is 0. The Morgan fingerprint density at radius 3 is 3.67 bits per heavy atom. The molecule has 0 saturated carbocycles. The van der Waals surface area contributed by atoms with Crippen molar-refractivity contribution in [1.29, 1.82) is 0 Å². The van der Waals surface area contributed by atoms with Crippen LogP contribution in [0.3, 0.4) is 0 Å². The largest absolute Gasteiger partial charge is 0.465 e. The van der Waals surface area contributed by atoms with E-state index in [-0.39, 0.29) is 4.57 Å². The number of aromatic nitrogens is 2. The second-order valence-electron chi connectivity index (χ2n) is 2.62. The summed E-state index contributed by atoms with van der Waals surface area (Å²) in [6.07, 6.45) is -8.91. The molecule has 0 aromatic carbocycles. The van der Waals surface area contributed by atoms with Crippen LogP contribution in [-0.4, -0.2) is 22.1 Å². The Balaban J connectivity index is 2.97. The van der Waals surface area contributed by atoms with E-state index < -0.39 is 62.2 Å². The first-order chi connectivity index (χ1) is 12.2. The molecule has 15 heavy (non-hydrogen) atoms. The van der Waals surface area contributed by atoms with Crippen LogP contribution < -0.4 is 0 Å². The van der Waals surface area contributed by atoms with E-state index in [1.165, 1.54) is 0 Å². The third-order valence-electron chi connectivity index (χ3n) is 1.73. The number of esters is 1. The fraction of sp³-hybridized carbons (Fsp3) is 0.636. The molecule has 0 spiro atoms. The van der Waals surface area contributed by atoms with Crippen molar-refractivity contribution in [3.8, 4) is 0 Å². The van der Waals surface area contributed by atoms with Gasteiger partial charge in [0.2, 0.25) is 0 Å². The van der Waals surface area contributed by atoms with E-state index in [1.807, 2.05) is 0 Å². The van der Waals surface area contributed by atoms with Gasteiger partial charge in [0.15, 0.2) is 0 Å². The summed E-state index contributed by atoms with van der Waals surface area (Å²) in [5.41, 5.74) is -1.27. The summed E-state index contributed by atoms with van der Waals surface area (Å²) in [6.45, 7) is -6.20. The molecule has 1 aliphatic heterocycles. The fourth-order valence-corrected chi connectivity index (χ4v) is 1.05. The monoisotopic (exact) mass is 221 g/mol. The zero-order chi connectivity index (χ0) is 22.3. The summed E-state index contributed by atoms with van der Waals surface area (Å²) in [5, 5.41) is 0. The molecule has 4 heteroatoms. The highest BCUT2D eigenvalue weighted by atomic mass is 16.5. The van der Waals surface area contributed by atoms with Crippen molar-refractivity contribution < 1.29 is 27.4 Å². The molecule has 2 rings (SSSR count). The van der Waals surface area contributed by atoms with E-state index in [0.29, 0.717) is 6.92 Å². The van der Waals surface area contributed by atoms with E-state index in [2.05, 4.69) is 9.72 Å². The van der Waals surface area contributed by atoms with Crippen LogP contribution in [0.5, 0.6) is 0 Å². The minimum Gasteiger partial charge on any atom is -0.465 e. The molecule has 0 bridgehead atoms. The fourth-order valence-electron chi connectivity index (χ4n) is 1.05. The molecule has 0 unspecified atom stereocenters. The lowest BCUT2D eigenvalue weighted by atomic mass is 9.89. The molecule has 4 nitrogen and oxygen atoms in total. The number of nitrogens with zero attached hydrogens (tertiary/aromatic N) is 2. The number of ether oxygens (including phenoxy) is 1. The lowest BCUT2D eigenvalue weighted by Gasteiger charge is -2.12. The molecule has 1 saturated heterocycles. The summed E-state index contributed by atoms with van der Waals surface area (Å²) >= 11 is 0. The highest BCUT2D eigenvalue weighted by Gasteiger charge is 2.35. The van der Waals surface area contributed by atoms with Gasteiger partial charge in [-0.1, -0.05) is 6.92 Å². The number of carbonyl (C=O) groups is 1. The maximum atomic E-state index is 12.2. The highest BCUT2D eigenvalue weighted by Crippen LogP contribution is 2.27. The van der Waals surface area contributed by atoms with Gasteiger partial charge in [0.25, 0.3) is 0 Å². The predicted octanol–water partition coefficient (Wildman–Crippen LogP) is 1.16. The Morgan fingerprint density at radius 1 is 2.07 bits per heavy atom. The van der Waals surface area contributed by atoms with Crippen molar-refractivity contribution in [2.24, 2.45) is 18.8 Å². The van der Waals surface area contributed by atoms with E-state index >= 15 is 0 Å². The van der Waals surface area contributed by atoms with Crippen molar-refractivity contribution in [3.63, 3.8) is 0 Å². The smallest absolute Gasteiger partial charge is 0.309 e. The first kappa shape index (κ1) is 2.87. The normalized spacial score (nSPS) is 54.2. The van der Waals surface area contributed by atoms with Crippen molar-refractivity contribution >= 4 is 5.97 Å². The van der Waals surface area contributed by atoms with Gasteiger partial charge >= 0.3 is 5.97 Å². The van der Waals surface area contributed by atoms with Gasteiger partial charge < -0.3 is 9.30 Å². The number of hydrogen-bond acceptors (Lipinski definition) is 3. The van der Waals surface area contributed by atoms with Crippen molar-refractivity contribution in [2.75, 3.05) is 6.56 Å². The standard InChI is InChI=1S/C11H16N2O2/c1-3-10-8(6-15-11(10)14)4-9-5-12-7-13(9)2/h5,7-8,10H,3-4,6H2,1-2H3/t8-,10-/m0/s1/i2D3,3D2,4D2,5D,6D2,7D,8D,10D. The van der Waals surface area contributed by atoms with Gasteiger partial charge in [0.1, 0.15) is 1.37 Å². The molecule has 1 aliphatic rings. The third-order valence-corrected chi connectivity index (χ3v) is 1.73. The molecule has 0 radical (unpaired) electrons. The highest BCUT2D eigenvalue weighted by molar-refractivity contribution is 5.74. The zero-order valence-electron chi connectivity index (χ0n) is 20.7. The van der Waals surface area contributed by atoms with Gasteiger partial charge in [-0.05, 0) is 12.7 Å². The Bertz CT molecular complexity index is 826. The van der Waals surface area contributed by atoms with E-state index in [4.69, 9.17) is 17.8 Å².